The van der Waals surface area contributed by atoms with Crippen molar-refractivity contribution in [2.75, 3.05) is 11.3 Å². The van der Waals surface area contributed by atoms with Crippen molar-refractivity contribution < 1.29 is 17.9 Å². The minimum atomic E-state index is -3.72. The molecule has 0 saturated heterocycles. The summed E-state index contributed by atoms with van der Waals surface area (Å²) in [5.41, 5.74) is 0.835. The predicted octanol–water partition coefficient (Wildman–Crippen LogP) is 4.53. The lowest BCUT2D eigenvalue weighted by molar-refractivity contribution is 0.0953. The van der Waals surface area contributed by atoms with Gasteiger partial charge in [-0.25, -0.2) is 13.4 Å². The number of ether oxygens (including phenoxy) is 1. The third kappa shape index (κ3) is 5.69. The molecule has 0 unspecified atom stereocenters. The topological polar surface area (TPSA) is 97.4 Å². The number of nitrogens with one attached hydrogen (secondary N) is 2. The molecule has 29 heavy (non-hydrogen) atoms. The second-order valence-corrected chi connectivity index (χ2v) is 9.56. The molecule has 0 bridgehead atoms. The number of hydrogen-bond acceptors (Lipinski definition) is 6. The van der Waals surface area contributed by atoms with E-state index >= 15 is 0 Å². The van der Waals surface area contributed by atoms with Crippen molar-refractivity contribution in [1.82, 2.24) is 10.3 Å². The molecule has 3 rings (SSSR count). The van der Waals surface area contributed by atoms with Gasteiger partial charge >= 0.3 is 0 Å². The van der Waals surface area contributed by atoms with Crippen LogP contribution < -0.4 is 14.8 Å². The van der Waals surface area contributed by atoms with Gasteiger partial charge in [0.25, 0.3) is 15.9 Å². The number of sulfonamides is 1. The summed E-state index contributed by atoms with van der Waals surface area (Å²) in [5.74, 6) is 0.654. The minimum Gasteiger partial charge on any atom is -0.439 e. The Kier molecular flexibility index (Phi) is 6.73. The van der Waals surface area contributed by atoms with E-state index in [1.165, 1.54) is 18.3 Å². The second-order valence-electron chi connectivity index (χ2n) is 5.93. The molecule has 10 heteroatoms. The Morgan fingerprint density at radius 3 is 2.48 bits per heavy atom. The summed E-state index contributed by atoms with van der Waals surface area (Å²) in [6.45, 7) is 2.61. The zero-order valence-corrected chi connectivity index (χ0v) is 17.8. The van der Waals surface area contributed by atoms with E-state index in [1.807, 2.05) is 6.92 Å². The van der Waals surface area contributed by atoms with Crippen molar-refractivity contribution in [2.45, 2.75) is 17.6 Å². The van der Waals surface area contributed by atoms with Crippen LogP contribution in [0.2, 0.25) is 4.34 Å². The number of thiophene rings is 1. The van der Waals surface area contributed by atoms with Crippen molar-refractivity contribution in [3.8, 4) is 11.6 Å². The van der Waals surface area contributed by atoms with E-state index in [9.17, 15) is 13.2 Å². The monoisotopic (exact) mass is 451 g/mol. The summed E-state index contributed by atoms with van der Waals surface area (Å²) in [5, 5.41) is 2.80. The Morgan fingerprint density at radius 2 is 1.90 bits per heavy atom. The van der Waals surface area contributed by atoms with Crippen molar-refractivity contribution in [1.29, 1.82) is 0 Å². The highest BCUT2D eigenvalue weighted by atomic mass is 35.5. The summed E-state index contributed by atoms with van der Waals surface area (Å²) in [6, 6.07) is 12.7. The Bertz CT molecular complexity index is 1080. The van der Waals surface area contributed by atoms with Crippen molar-refractivity contribution in [3.05, 3.63) is 64.6 Å². The first-order valence-electron chi connectivity index (χ1n) is 8.68. The van der Waals surface area contributed by atoms with E-state index in [4.69, 9.17) is 16.3 Å². The van der Waals surface area contributed by atoms with Crippen molar-refractivity contribution >= 4 is 44.6 Å². The lowest BCUT2D eigenvalue weighted by Crippen LogP contribution is -2.23. The lowest BCUT2D eigenvalue weighted by atomic mass is 10.2. The zero-order chi connectivity index (χ0) is 20.9. The van der Waals surface area contributed by atoms with Crippen LogP contribution in [0.15, 0.2) is 58.9 Å². The molecule has 0 aliphatic heterocycles. The van der Waals surface area contributed by atoms with Crippen LogP contribution in [0.3, 0.4) is 0 Å². The van der Waals surface area contributed by atoms with E-state index in [2.05, 4.69) is 15.0 Å². The minimum absolute atomic E-state index is 0.117. The molecule has 0 atom stereocenters. The molecule has 0 fully saturated rings. The van der Waals surface area contributed by atoms with Gasteiger partial charge in [0.1, 0.15) is 9.96 Å². The molecule has 152 valence electrons. The fourth-order valence-electron chi connectivity index (χ4n) is 2.28. The number of halogens is 1. The molecule has 0 aliphatic carbocycles. The Balaban J connectivity index is 1.62. The van der Waals surface area contributed by atoms with Crippen LogP contribution in [0.1, 0.15) is 23.7 Å². The van der Waals surface area contributed by atoms with Crippen LogP contribution in [0.25, 0.3) is 0 Å². The van der Waals surface area contributed by atoms with Gasteiger partial charge in [-0.1, -0.05) is 18.5 Å². The van der Waals surface area contributed by atoms with Crippen LogP contribution in [-0.2, 0) is 10.0 Å². The Morgan fingerprint density at radius 1 is 1.14 bits per heavy atom. The number of nitrogens with zero attached hydrogens (tertiary/aromatic N) is 1. The number of carbonyl (C=O) groups excluding carboxylic acids is 1. The van der Waals surface area contributed by atoms with E-state index in [0.717, 1.165) is 17.8 Å². The molecular formula is C19H18ClN3O4S2. The average Bonchev–Trinajstić information content (AvgIpc) is 3.15. The van der Waals surface area contributed by atoms with Gasteiger partial charge in [-0.2, -0.15) is 0 Å². The number of hydrogen-bond donors (Lipinski definition) is 2. The number of rotatable bonds is 8. The Labute approximate surface area is 177 Å². The van der Waals surface area contributed by atoms with Gasteiger partial charge in [0, 0.05) is 18.2 Å². The molecule has 2 aromatic heterocycles. The molecule has 2 N–H and O–H groups in total. The fraction of sp³-hybridized carbons (Fsp3) is 0.158. The van der Waals surface area contributed by atoms with Gasteiger partial charge in [0.05, 0.1) is 16.2 Å². The highest BCUT2D eigenvalue weighted by Gasteiger charge is 2.17. The third-order valence-corrected chi connectivity index (χ3v) is 6.78. The maximum absolute atomic E-state index is 12.3. The second kappa shape index (κ2) is 9.25. The number of amides is 1. The zero-order valence-electron chi connectivity index (χ0n) is 15.4. The summed E-state index contributed by atoms with van der Waals surface area (Å²) < 4.78 is 33.2. The van der Waals surface area contributed by atoms with Gasteiger partial charge in [-0.15, -0.1) is 11.3 Å². The van der Waals surface area contributed by atoms with Crippen molar-refractivity contribution in [2.24, 2.45) is 0 Å². The van der Waals surface area contributed by atoms with E-state index in [1.54, 1.807) is 36.4 Å². The van der Waals surface area contributed by atoms with Crippen LogP contribution >= 0.6 is 22.9 Å². The quantitative estimate of drug-likeness (QED) is 0.524. The van der Waals surface area contributed by atoms with E-state index in [0.29, 0.717) is 27.9 Å². The van der Waals surface area contributed by atoms with Gasteiger partial charge in [0.2, 0.25) is 5.88 Å². The average molecular weight is 452 g/mol. The first-order valence-corrected chi connectivity index (χ1v) is 11.4. The number of aromatic nitrogens is 1. The number of pyridine rings is 1. The molecule has 3 aromatic rings. The molecule has 2 heterocycles. The molecular weight excluding hydrogens is 434 g/mol. The lowest BCUT2D eigenvalue weighted by Gasteiger charge is -2.08. The van der Waals surface area contributed by atoms with Crippen LogP contribution in [0.4, 0.5) is 5.69 Å². The largest absolute Gasteiger partial charge is 0.439 e. The Hall–Kier alpha value is -2.62. The standard InChI is InChI=1S/C19H18ClN3O4S2/c1-2-11-21-19(24)13-3-6-15(7-4-13)27-17-9-5-14(12-22-17)23-29(25,26)18-10-8-16(20)28-18/h3-10,12,23H,2,11H2,1H3,(H,21,24). The SMILES string of the molecule is CCCNC(=O)c1ccc(Oc2ccc(NS(=O)(=O)c3ccc(Cl)s3)cn2)cc1. The highest BCUT2D eigenvalue weighted by Crippen LogP contribution is 2.27. The predicted molar refractivity (Wildman–Crippen MR) is 114 cm³/mol. The molecule has 0 spiro atoms. The third-order valence-electron chi connectivity index (χ3n) is 3.68. The maximum Gasteiger partial charge on any atom is 0.271 e. The van der Waals surface area contributed by atoms with Gasteiger partial charge in [-0.3, -0.25) is 9.52 Å². The molecule has 0 radical (unpaired) electrons. The molecule has 0 aliphatic rings. The smallest absolute Gasteiger partial charge is 0.271 e. The number of benzene rings is 1. The van der Waals surface area contributed by atoms with Crippen LogP contribution in [-0.4, -0.2) is 25.9 Å². The fourth-order valence-corrected chi connectivity index (χ4v) is 4.81. The summed E-state index contributed by atoms with van der Waals surface area (Å²) in [6.07, 6.45) is 2.22. The van der Waals surface area contributed by atoms with E-state index in [-0.39, 0.29) is 16.0 Å². The highest BCUT2D eigenvalue weighted by molar-refractivity contribution is 7.94. The number of carbonyl (C=O) groups is 1. The normalized spacial score (nSPS) is 11.1. The molecule has 0 saturated carbocycles. The first kappa shape index (κ1) is 21.1. The molecule has 1 aromatic carbocycles. The number of anilines is 1. The molecule has 7 nitrogen and oxygen atoms in total. The van der Waals surface area contributed by atoms with Gasteiger partial charge in [0.15, 0.2) is 0 Å². The van der Waals surface area contributed by atoms with Crippen molar-refractivity contribution in [3.63, 3.8) is 0 Å². The van der Waals surface area contributed by atoms with E-state index < -0.39 is 10.0 Å². The van der Waals surface area contributed by atoms with Crippen LogP contribution in [0, 0.1) is 0 Å². The van der Waals surface area contributed by atoms with Gasteiger partial charge in [-0.05, 0) is 48.9 Å². The van der Waals surface area contributed by atoms with Crippen LogP contribution in [0.5, 0.6) is 11.6 Å². The summed E-state index contributed by atoms with van der Waals surface area (Å²) in [7, 11) is -3.72. The summed E-state index contributed by atoms with van der Waals surface area (Å²) >= 11 is 6.76. The molecule has 1 amide bonds. The maximum atomic E-state index is 12.3. The first-order chi connectivity index (χ1) is 13.9. The summed E-state index contributed by atoms with van der Waals surface area (Å²) in [4.78, 5) is 16.0. The van der Waals surface area contributed by atoms with Gasteiger partial charge < -0.3 is 10.1 Å².